The van der Waals surface area contributed by atoms with Crippen molar-refractivity contribution >= 4 is 34.2 Å². The van der Waals surface area contributed by atoms with Gasteiger partial charge in [-0.3, -0.25) is 0 Å². The highest BCUT2D eigenvalue weighted by Gasteiger charge is 2.12. The number of aromatic carboxylic acids is 1. The molecule has 1 aromatic rings. The van der Waals surface area contributed by atoms with E-state index in [0.717, 1.165) is 6.07 Å². The van der Waals surface area contributed by atoms with Crippen LogP contribution in [0, 0.1) is 9.39 Å². The number of carboxylic acid groups (broad SMARTS) is 1. The van der Waals surface area contributed by atoms with Crippen molar-refractivity contribution in [2.75, 3.05) is 5.73 Å². The molecular formula is C7H5FINO2. The number of benzene rings is 1. The normalized spacial score (nSPS) is 9.83. The fraction of sp³-hybridized carbons (Fsp3) is 0. The predicted molar refractivity (Wildman–Crippen MR) is 50.5 cm³/mol. The smallest absolute Gasteiger partial charge is 0.336 e. The van der Waals surface area contributed by atoms with Crippen LogP contribution in [0.15, 0.2) is 12.1 Å². The van der Waals surface area contributed by atoms with Gasteiger partial charge in [0.2, 0.25) is 0 Å². The van der Waals surface area contributed by atoms with E-state index in [1.165, 1.54) is 6.07 Å². The molecule has 1 rings (SSSR count). The van der Waals surface area contributed by atoms with Gasteiger partial charge in [0, 0.05) is 0 Å². The lowest BCUT2D eigenvalue weighted by atomic mass is 10.2. The number of halogens is 2. The summed E-state index contributed by atoms with van der Waals surface area (Å²) in [5.41, 5.74) is 5.18. The van der Waals surface area contributed by atoms with Crippen LogP contribution in [0.2, 0.25) is 0 Å². The average molecular weight is 281 g/mol. The lowest BCUT2D eigenvalue weighted by Crippen LogP contribution is -2.04. The monoisotopic (exact) mass is 281 g/mol. The molecule has 1 aromatic carbocycles. The van der Waals surface area contributed by atoms with Crippen LogP contribution in [0.4, 0.5) is 10.1 Å². The summed E-state index contributed by atoms with van der Waals surface area (Å²) in [7, 11) is 0. The van der Waals surface area contributed by atoms with Gasteiger partial charge in [-0.25, -0.2) is 9.18 Å². The van der Waals surface area contributed by atoms with E-state index in [1.54, 1.807) is 22.6 Å². The van der Waals surface area contributed by atoms with Gasteiger partial charge < -0.3 is 10.8 Å². The third-order valence-corrected chi connectivity index (χ3v) is 2.52. The first-order chi connectivity index (χ1) is 5.54. The summed E-state index contributed by atoms with van der Waals surface area (Å²) >= 11 is 1.70. The van der Waals surface area contributed by atoms with Crippen molar-refractivity contribution in [3.63, 3.8) is 0 Å². The van der Waals surface area contributed by atoms with E-state index in [1.807, 2.05) is 0 Å². The van der Waals surface area contributed by atoms with E-state index in [4.69, 9.17) is 10.8 Å². The Hall–Kier alpha value is -0.850. The van der Waals surface area contributed by atoms with Crippen LogP contribution in [0.5, 0.6) is 0 Å². The molecule has 0 heterocycles. The fourth-order valence-electron chi connectivity index (χ4n) is 0.735. The Morgan fingerprint density at radius 1 is 1.58 bits per heavy atom. The molecule has 0 fully saturated rings. The van der Waals surface area contributed by atoms with E-state index in [-0.39, 0.29) is 14.8 Å². The molecule has 0 aliphatic heterocycles. The Kier molecular flexibility index (Phi) is 2.51. The summed E-state index contributed by atoms with van der Waals surface area (Å²) in [5.74, 6) is -1.70. The zero-order valence-corrected chi connectivity index (χ0v) is 8.00. The number of anilines is 1. The standard InChI is InChI=1S/C7H5FINO2/c8-4-2-1-3(7(11)12)5(9)6(4)10/h1-2H,10H2,(H,11,12). The summed E-state index contributed by atoms with van der Waals surface area (Å²) in [6, 6.07) is 2.23. The Morgan fingerprint density at radius 3 is 2.67 bits per heavy atom. The van der Waals surface area contributed by atoms with Crippen molar-refractivity contribution < 1.29 is 14.3 Å². The van der Waals surface area contributed by atoms with E-state index in [9.17, 15) is 9.18 Å². The molecular weight excluding hydrogens is 276 g/mol. The third-order valence-electron chi connectivity index (χ3n) is 1.36. The van der Waals surface area contributed by atoms with Crippen LogP contribution in [0.3, 0.4) is 0 Å². The van der Waals surface area contributed by atoms with Crippen LogP contribution in [0.1, 0.15) is 10.4 Å². The summed E-state index contributed by atoms with van der Waals surface area (Å²) < 4.78 is 12.9. The van der Waals surface area contributed by atoms with Gasteiger partial charge >= 0.3 is 5.97 Å². The minimum absolute atomic E-state index is 0.0227. The molecule has 0 atom stereocenters. The van der Waals surface area contributed by atoms with Crippen molar-refractivity contribution in [3.05, 3.63) is 27.1 Å². The molecule has 0 aliphatic rings. The molecule has 0 aromatic heterocycles. The molecule has 0 aliphatic carbocycles. The lowest BCUT2D eigenvalue weighted by Gasteiger charge is -2.02. The van der Waals surface area contributed by atoms with Gasteiger partial charge in [0.25, 0.3) is 0 Å². The highest BCUT2D eigenvalue weighted by molar-refractivity contribution is 14.1. The minimum atomic E-state index is -1.11. The summed E-state index contributed by atoms with van der Waals surface area (Å²) in [6.07, 6.45) is 0. The molecule has 5 heteroatoms. The van der Waals surface area contributed by atoms with Crippen molar-refractivity contribution in [2.45, 2.75) is 0 Å². The highest BCUT2D eigenvalue weighted by Crippen LogP contribution is 2.22. The van der Waals surface area contributed by atoms with Gasteiger partial charge in [-0.2, -0.15) is 0 Å². The summed E-state index contributed by atoms with van der Waals surface area (Å²) in [6.45, 7) is 0. The third kappa shape index (κ3) is 1.50. The molecule has 0 unspecified atom stereocenters. The Morgan fingerprint density at radius 2 is 2.17 bits per heavy atom. The molecule has 0 amide bonds. The van der Waals surface area contributed by atoms with E-state index in [0.29, 0.717) is 0 Å². The van der Waals surface area contributed by atoms with E-state index in [2.05, 4.69) is 0 Å². The molecule has 3 nitrogen and oxygen atoms in total. The van der Waals surface area contributed by atoms with Crippen molar-refractivity contribution in [2.24, 2.45) is 0 Å². The van der Waals surface area contributed by atoms with Gasteiger partial charge in [0.1, 0.15) is 5.82 Å². The molecule has 12 heavy (non-hydrogen) atoms. The second-order valence-electron chi connectivity index (χ2n) is 2.13. The topological polar surface area (TPSA) is 63.3 Å². The Bertz CT molecular complexity index is 340. The molecule has 0 saturated heterocycles. The number of hydrogen-bond acceptors (Lipinski definition) is 2. The van der Waals surface area contributed by atoms with Crippen molar-refractivity contribution in [1.82, 2.24) is 0 Å². The Labute approximate surface area is 81.5 Å². The zero-order valence-electron chi connectivity index (χ0n) is 5.84. The van der Waals surface area contributed by atoms with Gasteiger partial charge in [-0.1, -0.05) is 0 Å². The van der Waals surface area contributed by atoms with Gasteiger partial charge in [0.15, 0.2) is 0 Å². The fourth-order valence-corrected chi connectivity index (χ4v) is 1.40. The first kappa shape index (κ1) is 9.24. The maximum Gasteiger partial charge on any atom is 0.336 e. The number of hydrogen-bond donors (Lipinski definition) is 2. The van der Waals surface area contributed by atoms with Crippen LogP contribution >= 0.6 is 22.6 Å². The van der Waals surface area contributed by atoms with Gasteiger partial charge in [0.05, 0.1) is 14.8 Å². The second-order valence-corrected chi connectivity index (χ2v) is 3.21. The maximum absolute atomic E-state index is 12.7. The maximum atomic E-state index is 12.7. The molecule has 0 bridgehead atoms. The lowest BCUT2D eigenvalue weighted by molar-refractivity contribution is 0.0696. The number of nitrogen functional groups attached to an aromatic ring is 1. The molecule has 0 spiro atoms. The van der Waals surface area contributed by atoms with Crippen LogP contribution in [-0.2, 0) is 0 Å². The van der Waals surface area contributed by atoms with Crippen LogP contribution in [0.25, 0.3) is 0 Å². The largest absolute Gasteiger partial charge is 0.478 e. The van der Waals surface area contributed by atoms with Crippen LogP contribution < -0.4 is 5.73 Å². The number of carboxylic acids is 1. The van der Waals surface area contributed by atoms with Crippen molar-refractivity contribution in [1.29, 1.82) is 0 Å². The number of rotatable bonds is 1. The second kappa shape index (κ2) is 3.26. The minimum Gasteiger partial charge on any atom is -0.478 e. The zero-order chi connectivity index (χ0) is 9.30. The van der Waals surface area contributed by atoms with E-state index >= 15 is 0 Å². The number of carbonyl (C=O) groups is 1. The Balaban J connectivity index is 3.36. The molecule has 3 N–H and O–H groups in total. The molecule has 64 valence electrons. The van der Waals surface area contributed by atoms with Crippen molar-refractivity contribution in [3.8, 4) is 0 Å². The summed E-state index contributed by atoms with van der Waals surface area (Å²) in [4.78, 5) is 10.5. The quantitative estimate of drug-likeness (QED) is 0.608. The predicted octanol–water partition coefficient (Wildman–Crippen LogP) is 1.71. The average Bonchev–Trinajstić information content (AvgIpc) is 2.00. The molecule has 0 radical (unpaired) electrons. The highest BCUT2D eigenvalue weighted by atomic mass is 127. The molecule has 0 saturated carbocycles. The van der Waals surface area contributed by atoms with Crippen LogP contribution in [-0.4, -0.2) is 11.1 Å². The number of nitrogens with two attached hydrogens (primary N) is 1. The van der Waals surface area contributed by atoms with Gasteiger partial charge in [-0.15, -0.1) is 0 Å². The first-order valence-electron chi connectivity index (χ1n) is 3.01. The van der Waals surface area contributed by atoms with Gasteiger partial charge in [-0.05, 0) is 34.7 Å². The summed E-state index contributed by atoms with van der Waals surface area (Å²) in [5, 5.41) is 8.60. The first-order valence-corrected chi connectivity index (χ1v) is 4.08. The SMILES string of the molecule is Nc1c(F)ccc(C(=O)O)c1I. The van der Waals surface area contributed by atoms with E-state index < -0.39 is 11.8 Å².